The molecule has 2 N–H and O–H groups in total. The maximum Gasteiger partial charge on any atom is 0.453 e. The van der Waals surface area contributed by atoms with Gasteiger partial charge < -0.3 is 10.2 Å². The minimum atomic E-state index is -5.71. The fourth-order valence-electron chi connectivity index (χ4n) is 1.27. The van der Waals surface area contributed by atoms with Crippen molar-refractivity contribution in [2.24, 2.45) is 5.92 Å². The first-order chi connectivity index (χ1) is 8.40. The van der Waals surface area contributed by atoms with Crippen LogP contribution in [0, 0.1) is 5.92 Å². The monoisotopic (exact) mass is 290 g/mol. The third kappa shape index (κ3) is 4.84. The summed E-state index contributed by atoms with van der Waals surface area (Å²) in [5.41, 5.74) is -0.761. The molecule has 110 valence electrons. The summed E-state index contributed by atoms with van der Waals surface area (Å²) in [6, 6.07) is 0. The van der Waals surface area contributed by atoms with E-state index in [1.54, 1.807) is 0 Å². The molecule has 0 heterocycles. The van der Waals surface area contributed by atoms with E-state index in [1.165, 1.54) is 0 Å². The lowest BCUT2D eigenvalue weighted by Crippen LogP contribution is -2.36. The second-order valence-corrected chi connectivity index (χ2v) is 3.82. The normalized spacial score (nSPS) is 13.9. The molecule has 0 spiro atoms. The number of carboxylic acid groups (broad SMARTS) is 2. The smallest absolute Gasteiger partial charge is 0.453 e. The van der Waals surface area contributed by atoms with E-state index in [9.17, 15) is 31.5 Å². The molecule has 1 unspecified atom stereocenters. The van der Waals surface area contributed by atoms with E-state index in [0.717, 1.165) is 0 Å². The van der Waals surface area contributed by atoms with Gasteiger partial charge in [0, 0.05) is 12.0 Å². The van der Waals surface area contributed by atoms with Crippen molar-refractivity contribution < 1.29 is 41.8 Å². The summed E-state index contributed by atoms with van der Waals surface area (Å²) < 4.78 is 60.5. The summed E-state index contributed by atoms with van der Waals surface area (Å²) in [7, 11) is 0. The number of rotatable bonds is 7. The van der Waals surface area contributed by atoms with Crippen molar-refractivity contribution in [3.05, 3.63) is 12.2 Å². The van der Waals surface area contributed by atoms with Gasteiger partial charge in [0.15, 0.2) is 0 Å². The van der Waals surface area contributed by atoms with Crippen molar-refractivity contribution in [1.82, 2.24) is 0 Å². The lowest BCUT2D eigenvalue weighted by atomic mass is 9.93. The van der Waals surface area contributed by atoms with E-state index in [0.29, 0.717) is 0 Å². The molecule has 0 aromatic heterocycles. The summed E-state index contributed by atoms with van der Waals surface area (Å²) in [4.78, 5) is 21.1. The van der Waals surface area contributed by atoms with Gasteiger partial charge in [-0.3, -0.25) is 4.79 Å². The first kappa shape index (κ1) is 17.3. The van der Waals surface area contributed by atoms with Gasteiger partial charge in [-0.15, -0.1) is 0 Å². The zero-order valence-electron chi connectivity index (χ0n) is 9.51. The molecule has 0 bridgehead atoms. The Hall–Kier alpha value is -1.67. The van der Waals surface area contributed by atoms with Gasteiger partial charge in [-0.05, 0) is 12.8 Å². The van der Waals surface area contributed by atoms with Crippen molar-refractivity contribution in [3.8, 4) is 0 Å². The Labute approximate surface area is 104 Å². The van der Waals surface area contributed by atoms with Crippen molar-refractivity contribution in [3.63, 3.8) is 0 Å². The summed E-state index contributed by atoms with van der Waals surface area (Å²) in [6.45, 7) is 2.95. The number of carbonyl (C=O) groups is 2. The van der Waals surface area contributed by atoms with E-state index in [2.05, 4.69) is 6.58 Å². The van der Waals surface area contributed by atoms with Gasteiger partial charge in [0.2, 0.25) is 0 Å². The maximum atomic E-state index is 12.5. The van der Waals surface area contributed by atoms with Crippen LogP contribution in [-0.4, -0.2) is 34.3 Å². The van der Waals surface area contributed by atoms with Gasteiger partial charge in [-0.25, -0.2) is 4.79 Å². The summed E-state index contributed by atoms with van der Waals surface area (Å²) >= 11 is 0. The second kappa shape index (κ2) is 5.98. The molecule has 4 nitrogen and oxygen atoms in total. The maximum absolute atomic E-state index is 12.5. The van der Waals surface area contributed by atoms with Crippen molar-refractivity contribution >= 4 is 11.9 Å². The van der Waals surface area contributed by atoms with Crippen LogP contribution in [-0.2, 0) is 9.59 Å². The summed E-state index contributed by atoms with van der Waals surface area (Å²) in [5.74, 6) is -9.90. The van der Waals surface area contributed by atoms with Crippen molar-refractivity contribution in [2.45, 2.75) is 31.4 Å². The topological polar surface area (TPSA) is 74.6 Å². The number of alkyl halides is 5. The molecule has 0 aromatic carbocycles. The van der Waals surface area contributed by atoms with Crippen LogP contribution in [0.2, 0.25) is 0 Å². The van der Waals surface area contributed by atoms with Crippen LogP contribution in [0.1, 0.15) is 19.3 Å². The molecule has 0 radical (unpaired) electrons. The van der Waals surface area contributed by atoms with E-state index in [1.807, 2.05) is 0 Å². The third-order valence-corrected chi connectivity index (χ3v) is 2.39. The van der Waals surface area contributed by atoms with Crippen LogP contribution >= 0.6 is 0 Å². The Morgan fingerprint density at radius 2 is 1.58 bits per heavy atom. The minimum Gasteiger partial charge on any atom is -0.481 e. The van der Waals surface area contributed by atoms with Crippen LogP contribution in [0.5, 0.6) is 0 Å². The number of hydrogen-bond acceptors (Lipinski definition) is 2. The van der Waals surface area contributed by atoms with Crippen molar-refractivity contribution in [2.75, 3.05) is 0 Å². The molecule has 0 saturated carbocycles. The van der Waals surface area contributed by atoms with Crippen LogP contribution in [0.4, 0.5) is 22.0 Å². The SMILES string of the molecule is C=C(C(=O)O)C(CCCC(F)(F)C(F)(F)F)C(=O)O. The zero-order chi connectivity index (χ0) is 15.4. The fourth-order valence-corrected chi connectivity index (χ4v) is 1.27. The highest BCUT2D eigenvalue weighted by molar-refractivity contribution is 5.93. The average molecular weight is 290 g/mol. The largest absolute Gasteiger partial charge is 0.481 e. The lowest BCUT2D eigenvalue weighted by molar-refractivity contribution is -0.284. The van der Waals surface area contributed by atoms with Crippen molar-refractivity contribution in [1.29, 1.82) is 0 Å². The quantitative estimate of drug-likeness (QED) is 0.558. The molecule has 0 fully saturated rings. The Bertz CT molecular complexity index is 375. The first-order valence-corrected chi connectivity index (χ1v) is 4.99. The van der Waals surface area contributed by atoms with Crippen LogP contribution in [0.25, 0.3) is 0 Å². The van der Waals surface area contributed by atoms with Gasteiger partial charge in [0.05, 0.1) is 5.92 Å². The molecule has 0 aliphatic heterocycles. The van der Waals surface area contributed by atoms with Gasteiger partial charge in [-0.2, -0.15) is 22.0 Å². The van der Waals surface area contributed by atoms with Gasteiger partial charge >= 0.3 is 24.0 Å². The predicted molar refractivity (Wildman–Crippen MR) is 52.8 cm³/mol. The Kier molecular flexibility index (Phi) is 5.46. The summed E-state index contributed by atoms with van der Waals surface area (Å²) in [5, 5.41) is 17.1. The molecular weight excluding hydrogens is 279 g/mol. The molecule has 0 aliphatic rings. The highest BCUT2D eigenvalue weighted by atomic mass is 19.4. The van der Waals surface area contributed by atoms with Gasteiger partial charge in [0.25, 0.3) is 0 Å². The predicted octanol–water partition coefficient (Wildman–Crippen LogP) is 2.70. The Morgan fingerprint density at radius 1 is 1.11 bits per heavy atom. The molecule has 0 rings (SSSR count). The second-order valence-electron chi connectivity index (χ2n) is 3.82. The standard InChI is InChI=1S/C10H11F5O4/c1-5(7(16)17)6(8(18)19)3-2-4-9(11,12)10(13,14)15/h6H,1-4H2,(H,16,17)(H,18,19). The number of carboxylic acids is 2. The highest BCUT2D eigenvalue weighted by Crippen LogP contribution is 2.39. The van der Waals surface area contributed by atoms with E-state index < -0.39 is 54.8 Å². The molecular formula is C10H11F5O4. The molecule has 0 amide bonds. The van der Waals surface area contributed by atoms with E-state index in [4.69, 9.17) is 10.2 Å². The third-order valence-electron chi connectivity index (χ3n) is 2.39. The van der Waals surface area contributed by atoms with Crippen LogP contribution in [0.15, 0.2) is 12.2 Å². The molecule has 19 heavy (non-hydrogen) atoms. The zero-order valence-corrected chi connectivity index (χ0v) is 9.51. The highest BCUT2D eigenvalue weighted by Gasteiger charge is 2.56. The lowest BCUT2D eigenvalue weighted by Gasteiger charge is -2.20. The molecule has 0 aliphatic carbocycles. The van der Waals surface area contributed by atoms with Crippen LogP contribution < -0.4 is 0 Å². The molecule has 9 heteroatoms. The Balaban J connectivity index is 4.57. The van der Waals surface area contributed by atoms with Gasteiger partial charge in [-0.1, -0.05) is 6.58 Å². The number of aliphatic carboxylic acids is 2. The first-order valence-electron chi connectivity index (χ1n) is 4.99. The number of halogens is 5. The molecule has 0 aromatic rings. The average Bonchev–Trinajstić information content (AvgIpc) is 2.21. The number of hydrogen-bond donors (Lipinski definition) is 2. The van der Waals surface area contributed by atoms with E-state index in [-0.39, 0.29) is 0 Å². The summed E-state index contributed by atoms with van der Waals surface area (Å²) in [6.07, 6.45) is -8.77. The van der Waals surface area contributed by atoms with Gasteiger partial charge in [0.1, 0.15) is 0 Å². The minimum absolute atomic E-state index is 0.661. The molecule has 0 saturated heterocycles. The Morgan fingerprint density at radius 3 is 1.89 bits per heavy atom. The molecule has 1 atom stereocenters. The fraction of sp³-hybridized carbons (Fsp3) is 0.600. The van der Waals surface area contributed by atoms with Crippen LogP contribution in [0.3, 0.4) is 0 Å². The van der Waals surface area contributed by atoms with E-state index >= 15 is 0 Å².